The summed E-state index contributed by atoms with van der Waals surface area (Å²) in [6.07, 6.45) is -1.32. The molecule has 188 valence electrons. The first-order valence-electron chi connectivity index (χ1n) is 11.1. The molecular formula is C27H23F5N2O2. The lowest BCUT2D eigenvalue weighted by Crippen LogP contribution is -2.53. The summed E-state index contributed by atoms with van der Waals surface area (Å²) in [5.41, 5.74) is -2.18. The topological polar surface area (TPSA) is 41.6 Å². The van der Waals surface area contributed by atoms with Gasteiger partial charge in [0.05, 0.1) is 18.2 Å². The monoisotopic (exact) mass is 502 g/mol. The number of benzene rings is 3. The lowest BCUT2D eigenvalue weighted by Gasteiger charge is -2.38. The number of amides is 2. The number of rotatable bonds is 6. The van der Waals surface area contributed by atoms with Gasteiger partial charge >= 0.3 is 12.2 Å². The molecule has 3 aromatic carbocycles. The van der Waals surface area contributed by atoms with Crippen LogP contribution in [0.5, 0.6) is 5.75 Å². The smallest absolute Gasteiger partial charge is 0.416 e. The maximum Gasteiger partial charge on any atom is 0.416 e. The molecule has 1 heterocycles. The van der Waals surface area contributed by atoms with E-state index in [0.717, 1.165) is 18.2 Å². The van der Waals surface area contributed by atoms with Crippen molar-refractivity contribution in [3.63, 3.8) is 0 Å². The van der Waals surface area contributed by atoms with Crippen LogP contribution < -0.4 is 10.1 Å². The third-order valence-corrected chi connectivity index (χ3v) is 6.10. The normalized spacial score (nSPS) is 15.0. The molecule has 1 N–H and O–H groups in total. The van der Waals surface area contributed by atoms with Crippen LogP contribution in [-0.4, -0.2) is 31.1 Å². The van der Waals surface area contributed by atoms with Gasteiger partial charge in [0.25, 0.3) is 0 Å². The van der Waals surface area contributed by atoms with Gasteiger partial charge in [-0.05, 0) is 47.0 Å². The molecule has 0 radical (unpaired) electrons. The number of nitrogens with zero attached hydrogens (tertiary/aromatic N) is 1. The summed E-state index contributed by atoms with van der Waals surface area (Å²) < 4.78 is 75.2. The molecule has 9 heteroatoms. The SMILES string of the molecule is COc1cc(C(Cc2ccccc2)(NC(=O)N2CC=CC2)c2cc(F)cc(C(F)(F)F)c2)ccc1F. The van der Waals surface area contributed by atoms with Crippen LogP contribution in [0, 0.1) is 11.6 Å². The van der Waals surface area contributed by atoms with Gasteiger partial charge in [-0.2, -0.15) is 13.2 Å². The van der Waals surface area contributed by atoms with E-state index in [0.29, 0.717) is 24.7 Å². The highest BCUT2D eigenvalue weighted by atomic mass is 19.4. The first-order chi connectivity index (χ1) is 17.1. The third kappa shape index (κ3) is 5.19. The standard InChI is InChI=1S/C27H23F5N2O2/c1-36-24-16-19(9-10-23(24)29)26(17-18-7-3-2-4-8-18,33-25(35)34-11-5-6-12-34)20-13-21(27(30,31)32)15-22(28)14-20/h2-10,13-16H,11-12,17H2,1H3,(H,33,35). The number of carbonyl (C=O) groups excluding carboxylic acids is 1. The predicted molar refractivity (Wildman–Crippen MR) is 125 cm³/mol. The maximum absolute atomic E-state index is 14.7. The predicted octanol–water partition coefficient (Wildman–Crippen LogP) is 6.06. The molecule has 36 heavy (non-hydrogen) atoms. The Bertz CT molecular complexity index is 1270. The van der Waals surface area contributed by atoms with Crippen LogP contribution in [-0.2, 0) is 18.1 Å². The van der Waals surface area contributed by atoms with Crippen LogP contribution in [0.3, 0.4) is 0 Å². The van der Waals surface area contributed by atoms with Gasteiger partial charge in [0.1, 0.15) is 5.82 Å². The van der Waals surface area contributed by atoms with E-state index in [1.54, 1.807) is 42.5 Å². The molecule has 0 bridgehead atoms. The number of carbonyl (C=O) groups is 1. The van der Waals surface area contributed by atoms with Crippen molar-refractivity contribution >= 4 is 6.03 Å². The molecule has 2 amide bonds. The summed E-state index contributed by atoms with van der Waals surface area (Å²) in [5, 5.41) is 2.87. The maximum atomic E-state index is 14.7. The highest BCUT2D eigenvalue weighted by molar-refractivity contribution is 5.77. The quantitative estimate of drug-likeness (QED) is 0.329. The number of urea groups is 1. The summed E-state index contributed by atoms with van der Waals surface area (Å²) in [4.78, 5) is 14.8. The van der Waals surface area contributed by atoms with Crippen LogP contribution in [0.15, 0.2) is 78.9 Å². The van der Waals surface area contributed by atoms with Gasteiger partial charge in [-0.1, -0.05) is 48.6 Å². The van der Waals surface area contributed by atoms with E-state index < -0.39 is 34.9 Å². The summed E-state index contributed by atoms with van der Waals surface area (Å²) in [6, 6.07) is 14.1. The van der Waals surface area contributed by atoms with Crippen LogP contribution in [0.2, 0.25) is 0 Å². The van der Waals surface area contributed by atoms with Gasteiger partial charge in [-0.3, -0.25) is 0 Å². The molecule has 0 spiro atoms. The lowest BCUT2D eigenvalue weighted by molar-refractivity contribution is -0.137. The molecule has 0 aromatic heterocycles. The minimum Gasteiger partial charge on any atom is -0.494 e. The van der Waals surface area contributed by atoms with Crippen molar-refractivity contribution < 1.29 is 31.5 Å². The Labute approximate surface area is 205 Å². The molecule has 3 aromatic rings. The zero-order valence-corrected chi connectivity index (χ0v) is 19.3. The number of alkyl halides is 3. The van der Waals surface area contributed by atoms with Crippen LogP contribution >= 0.6 is 0 Å². The molecule has 0 aliphatic carbocycles. The summed E-state index contributed by atoms with van der Waals surface area (Å²) in [7, 11) is 1.25. The fourth-order valence-electron chi connectivity index (χ4n) is 4.29. The molecule has 1 aliphatic heterocycles. The second kappa shape index (κ2) is 10.0. The summed E-state index contributed by atoms with van der Waals surface area (Å²) >= 11 is 0. The first-order valence-corrected chi connectivity index (χ1v) is 11.1. The largest absolute Gasteiger partial charge is 0.494 e. The van der Waals surface area contributed by atoms with Crippen molar-refractivity contribution in [3.05, 3.63) is 113 Å². The van der Waals surface area contributed by atoms with E-state index in [4.69, 9.17) is 4.74 Å². The Balaban J connectivity index is 1.98. The van der Waals surface area contributed by atoms with Crippen molar-refractivity contribution in [2.24, 2.45) is 0 Å². The Morgan fingerprint density at radius 1 is 0.917 bits per heavy atom. The Morgan fingerprint density at radius 2 is 1.58 bits per heavy atom. The highest BCUT2D eigenvalue weighted by Crippen LogP contribution is 2.39. The van der Waals surface area contributed by atoms with E-state index >= 15 is 0 Å². The molecule has 4 nitrogen and oxygen atoms in total. The number of halogens is 5. The van der Waals surface area contributed by atoms with Gasteiger partial charge in [-0.25, -0.2) is 13.6 Å². The van der Waals surface area contributed by atoms with E-state index in [9.17, 15) is 26.7 Å². The van der Waals surface area contributed by atoms with Crippen molar-refractivity contribution in [2.75, 3.05) is 20.2 Å². The second-order valence-electron chi connectivity index (χ2n) is 8.45. The van der Waals surface area contributed by atoms with Gasteiger partial charge < -0.3 is 15.0 Å². The Hall–Kier alpha value is -3.88. The second-order valence-corrected chi connectivity index (χ2v) is 8.45. The van der Waals surface area contributed by atoms with Crippen LogP contribution in [0.25, 0.3) is 0 Å². The van der Waals surface area contributed by atoms with E-state index in [-0.39, 0.29) is 23.3 Å². The van der Waals surface area contributed by atoms with Crippen molar-refractivity contribution in [1.82, 2.24) is 10.2 Å². The number of nitrogens with one attached hydrogen (secondary N) is 1. The molecule has 1 aliphatic rings. The number of hydrogen-bond acceptors (Lipinski definition) is 2. The summed E-state index contributed by atoms with van der Waals surface area (Å²) in [6.45, 7) is 0.605. The zero-order valence-electron chi connectivity index (χ0n) is 19.3. The van der Waals surface area contributed by atoms with Gasteiger partial charge in [0, 0.05) is 19.5 Å². The average Bonchev–Trinajstić information content (AvgIpc) is 3.39. The minimum atomic E-state index is -4.83. The number of ether oxygens (including phenoxy) is 1. The number of hydrogen-bond donors (Lipinski definition) is 1. The molecule has 0 saturated heterocycles. The fraction of sp³-hybridized carbons (Fsp3) is 0.222. The van der Waals surface area contributed by atoms with Crippen LogP contribution in [0.4, 0.5) is 26.7 Å². The average molecular weight is 502 g/mol. The van der Waals surface area contributed by atoms with Gasteiger partial charge in [0.2, 0.25) is 0 Å². The zero-order chi connectivity index (χ0) is 25.9. The molecule has 4 rings (SSSR count). The molecule has 0 saturated carbocycles. The van der Waals surface area contributed by atoms with Crippen molar-refractivity contribution in [2.45, 2.75) is 18.1 Å². The molecular weight excluding hydrogens is 479 g/mol. The Morgan fingerprint density at radius 3 is 2.22 bits per heavy atom. The molecule has 1 atom stereocenters. The third-order valence-electron chi connectivity index (χ3n) is 6.10. The number of methoxy groups -OCH3 is 1. The van der Waals surface area contributed by atoms with Gasteiger partial charge in [0.15, 0.2) is 11.6 Å². The first kappa shape index (κ1) is 25.2. The van der Waals surface area contributed by atoms with Crippen LogP contribution in [0.1, 0.15) is 22.3 Å². The highest BCUT2D eigenvalue weighted by Gasteiger charge is 2.41. The van der Waals surface area contributed by atoms with Crippen molar-refractivity contribution in [1.29, 1.82) is 0 Å². The van der Waals surface area contributed by atoms with E-state index in [1.165, 1.54) is 24.1 Å². The Kier molecular flexibility index (Phi) is 7.01. The molecule has 1 unspecified atom stereocenters. The summed E-state index contributed by atoms with van der Waals surface area (Å²) in [5.74, 6) is -1.99. The van der Waals surface area contributed by atoms with Crippen molar-refractivity contribution in [3.8, 4) is 5.75 Å². The molecule has 0 fully saturated rings. The minimum absolute atomic E-state index is 0.0453. The lowest BCUT2D eigenvalue weighted by atomic mass is 9.77. The van der Waals surface area contributed by atoms with Gasteiger partial charge in [-0.15, -0.1) is 0 Å². The van der Waals surface area contributed by atoms with E-state index in [2.05, 4.69) is 5.32 Å². The fourth-order valence-corrected chi connectivity index (χ4v) is 4.29. The van der Waals surface area contributed by atoms with E-state index in [1.807, 2.05) is 0 Å².